The van der Waals surface area contributed by atoms with Crippen LogP contribution < -0.4 is 15.4 Å². The molecule has 0 spiro atoms. The molecular weight excluding hydrogens is 338 g/mol. The number of benzene rings is 1. The fourth-order valence-corrected chi connectivity index (χ4v) is 4.36. The minimum atomic E-state index is 0.132. The molecule has 1 aromatic carbocycles. The number of hydrogen-bond acceptors (Lipinski definition) is 3. The highest BCUT2D eigenvalue weighted by atomic mass is 16.5. The average molecular weight is 374 g/mol. The molecule has 0 radical (unpaired) electrons. The third kappa shape index (κ3) is 4.08. The van der Waals surface area contributed by atoms with Crippen LogP contribution in [0.5, 0.6) is 5.75 Å². The van der Waals surface area contributed by atoms with Gasteiger partial charge in [0.15, 0.2) is 5.96 Å². The van der Waals surface area contributed by atoms with E-state index in [0.717, 1.165) is 36.7 Å². The van der Waals surface area contributed by atoms with E-state index >= 15 is 0 Å². The average Bonchev–Trinajstić information content (AvgIpc) is 3.10. The fourth-order valence-electron chi connectivity index (χ4n) is 4.36. The third-order valence-electron chi connectivity index (χ3n) is 6.19. The van der Waals surface area contributed by atoms with Gasteiger partial charge < -0.3 is 20.1 Å². The van der Waals surface area contributed by atoms with Crippen LogP contribution >= 0.6 is 0 Å². The Kier molecular flexibility index (Phi) is 5.99. The van der Waals surface area contributed by atoms with Crippen molar-refractivity contribution in [3.05, 3.63) is 29.3 Å². The van der Waals surface area contributed by atoms with Crippen LogP contribution in [0.4, 0.5) is 0 Å². The highest BCUT2D eigenvalue weighted by Gasteiger charge is 2.59. The van der Waals surface area contributed by atoms with Crippen LogP contribution in [-0.2, 0) is 11.3 Å². The second-order valence-corrected chi connectivity index (χ2v) is 8.56. The summed E-state index contributed by atoms with van der Waals surface area (Å²) < 4.78 is 12.0. The maximum absolute atomic E-state index is 6.13. The molecule has 3 rings (SSSR count). The van der Waals surface area contributed by atoms with Gasteiger partial charge in [0.25, 0.3) is 0 Å². The van der Waals surface area contributed by atoms with E-state index in [9.17, 15) is 0 Å². The van der Waals surface area contributed by atoms with E-state index in [-0.39, 0.29) is 11.5 Å². The zero-order chi connectivity index (χ0) is 19.6. The molecule has 0 aromatic heterocycles. The minimum absolute atomic E-state index is 0.132. The molecule has 0 bridgehead atoms. The quantitative estimate of drug-likeness (QED) is 0.590. The van der Waals surface area contributed by atoms with Gasteiger partial charge in [-0.15, -0.1) is 0 Å². The zero-order valence-corrected chi connectivity index (χ0v) is 17.6. The Morgan fingerprint density at radius 2 is 2.19 bits per heavy atom. The molecule has 5 heteroatoms. The molecule has 27 heavy (non-hydrogen) atoms. The van der Waals surface area contributed by atoms with E-state index in [1.54, 1.807) is 0 Å². The molecule has 1 saturated carbocycles. The van der Waals surface area contributed by atoms with Gasteiger partial charge in [0, 0.05) is 43.1 Å². The maximum Gasteiger partial charge on any atom is 0.191 e. The highest BCUT2D eigenvalue weighted by Crippen LogP contribution is 2.52. The van der Waals surface area contributed by atoms with Crippen LogP contribution in [0.3, 0.4) is 0 Å². The van der Waals surface area contributed by atoms with Crippen LogP contribution in [0.1, 0.15) is 51.7 Å². The Labute approximate surface area is 163 Å². The summed E-state index contributed by atoms with van der Waals surface area (Å²) in [6.07, 6.45) is 2.71. The molecule has 5 nitrogen and oxygen atoms in total. The Hall–Kier alpha value is -1.75. The summed E-state index contributed by atoms with van der Waals surface area (Å²) in [6.45, 7) is 12.5. The van der Waals surface area contributed by atoms with Crippen molar-refractivity contribution in [2.45, 2.75) is 72.3 Å². The van der Waals surface area contributed by atoms with Crippen LogP contribution in [0.15, 0.2) is 23.2 Å². The van der Waals surface area contributed by atoms with Crippen LogP contribution in [0, 0.1) is 18.3 Å². The number of rotatable bonds is 6. The standard InChI is InChI=1S/C22H35N3O2/c1-7-15(3)27-18-12-14(2)8-9-16(18)13-24-21(23-6)25-19-17-10-11-26-20(17)22(19,4)5/h8-9,12,15,17,19-20H,7,10-11,13H2,1-6H3,(H2,23,24,25). The van der Waals surface area contributed by atoms with Crippen LogP contribution in [0.25, 0.3) is 0 Å². The lowest BCUT2D eigenvalue weighted by Crippen LogP contribution is -2.67. The summed E-state index contributed by atoms with van der Waals surface area (Å²) in [5, 5.41) is 7.11. The van der Waals surface area contributed by atoms with Gasteiger partial charge >= 0.3 is 0 Å². The largest absolute Gasteiger partial charge is 0.490 e. The van der Waals surface area contributed by atoms with Crippen LogP contribution in [-0.4, -0.2) is 37.9 Å². The second-order valence-electron chi connectivity index (χ2n) is 8.56. The summed E-state index contributed by atoms with van der Waals surface area (Å²) in [7, 11) is 1.83. The minimum Gasteiger partial charge on any atom is -0.490 e. The number of guanidine groups is 1. The number of nitrogens with zero attached hydrogens (tertiary/aromatic N) is 1. The topological polar surface area (TPSA) is 54.9 Å². The zero-order valence-electron chi connectivity index (χ0n) is 17.6. The molecule has 1 aliphatic carbocycles. The SMILES string of the molecule is CCC(C)Oc1cc(C)ccc1CNC(=NC)NC1C2CCOC2C1(C)C. The molecule has 150 valence electrons. The summed E-state index contributed by atoms with van der Waals surface area (Å²) in [6, 6.07) is 6.78. The van der Waals surface area contributed by atoms with Crippen molar-refractivity contribution in [1.29, 1.82) is 0 Å². The second kappa shape index (κ2) is 8.09. The number of fused-ring (bicyclic) bond motifs is 1. The van der Waals surface area contributed by atoms with Crippen molar-refractivity contribution in [3.8, 4) is 5.75 Å². The highest BCUT2D eigenvalue weighted by molar-refractivity contribution is 5.80. The number of aryl methyl sites for hydroxylation is 1. The smallest absolute Gasteiger partial charge is 0.191 e. The van der Waals surface area contributed by atoms with E-state index in [1.165, 1.54) is 5.56 Å². The van der Waals surface area contributed by atoms with Crippen molar-refractivity contribution in [2.75, 3.05) is 13.7 Å². The number of aliphatic imine (C=N–C) groups is 1. The van der Waals surface area contributed by atoms with Gasteiger partial charge in [-0.2, -0.15) is 0 Å². The van der Waals surface area contributed by atoms with E-state index < -0.39 is 0 Å². The fraction of sp³-hybridized carbons (Fsp3) is 0.682. The lowest BCUT2D eigenvalue weighted by molar-refractivity contribution is -0.106. The first-order valence-electron chi connectivity index (χ1n) is 10.2. The van der Waals surface area contributed by atoms with Gasteiger partial charge in [-0.25, -0.2) is 0 Å². The van der Waals surface area contributed by atoms with Gasteiger partial charge in [0.2, 0.25) is 0 Å². The van der Waals surface area contributed by atoms with E-state index in [0.29, 0.717) is 24.6 Å². The number of nitrogens with one attached hydrogen (secondary N) is 2. The van der Waals surface area contributed by atoms with Gasteiger partial charge in [0.05, 0.1) is 12.2 Å². The molecule has 1 saturated heterocycles. The van der Waals surface area contributed by atoms with Gasteiger partial charge in [-0.05, 0) is 38.3 Å². The predicted octanol–water partition coefficient (Wildman–Crippen LogP) is 3.65. The van der Waals surface area contributed by atoms with Crippen molar-refractivity contribution in [1.82, 2.24) is 10.6 Å². The molecule has 2 N–H and O–H groups in total. The number of hydrogen-bond donors (Lipinski definition) is 2. The lowest BCUT2D eigenvalue weighted by Gasteiger charge is -2.54. The normalized spacial score (nSPS) is 27.5. The monoisotopic (exact) mass is 373 g/mol. The van der Waals surface area contributed by atoms with Gasteiger partial charge in [-0.1, -0.05) is 32.9 Å². The first-order chi connectivity index (χ1) is 12.9. The summed E-state index contributed by atoms with van der Waals surface area (Å²) in [5.41, 5.74) is 2.50. The first kappa shape index (κ1) is 20.0. The predicted molar refractivity (Wildman–Crippen MR) is 110 cm³/mol. The van der Waals surface area contributed by atoms with Gasteiger partial charge in [0.1, 0.15) is 5.75 Å². The maximum atomic E-state index is 6.13. The van der Waals surface area contributed by atoms with E-state index in [1.807, 2.05) is 7.05 Å². The Morgan fingerprint density at radius 1 is 1.41 bits per heavy atom. The molecule has 0 amide bonds. The van der Waals surface area contributed by atoms with Crippen molar-refractivity contribution < 1.29 is 9.47 Å². The summed E-state index contributed by atoms with van der Waals surface area (Å²) in [5.74, 6) is 2.39. The summed E-state index contributed by atoms with van der Waals surface area (Å²) >= 11 is 0. The molecule has 1 heterocycles. The molecule has 2 aliphatic rings. The molecule has 4 atom stereocenters. The van der Waals surface area contributed by atoms with E-state index in [2.05, 4.69) is 68.4 Å². The van der Waals surface area contributed by atoms with Crippen molar-refractivity contribution >= 4 is 5.96 Å². The summed E-state index contributed by atoms with van der Waals surface area (Å²) in [4.78, 5) is 4.44. The third-order valence-corrected chi connectivity index (χ3v) is 6.19. The Balaban J connectivity index is 1.63. The molecule has 1 aliphatic heterocycles. The first-order valence-corrected chi connectivity index (χ1v) is 10.2. The van der Waals surface area contributed by atoms with Gasteiger partial charge in [-0.3, -0.25) is 4.99 Å². The van der Waals surface area contributed by atoms with Crippen molar-refractivity contribution in [3.63, 3.8) is 0 Å². The van der Waals surface area contributed by atoms with E-state index in [4.69, 9.17) is 9.47 Å². The number of ether oxygens (including phenoxy) is 2. The Morgan fingerprint density at radius 3 is 2.89 bits per heavy atom. The van der Waals surface area contributed by atoms with Crippen LogP contribution in [0.2, 0.25) is 0 Å². The molecule has 1 aromatic rings. The molecule has 4 unspecified atom stereocenters. The van der Waals surface area contributed by atoms with Crippen molar-refractivity contribution in [2.24, 2.45) is 16.3 Å². The Bertz CT molecular complexity index is 686. The molecular formula is C22H35N3O2. The lowest BCUT2D eigenvalue weighted by atomic mass is 9.57. The molecule has 2 fully saturated rings.